The van der Waals surface area contributed by atoms with Gasteiger partial charge in [0.15, 0.2) is 0 Å². The smallest absolute Gasteiger partial charge is 0.144 e. The Labute approximate surface area is 101 Å². The lowest BCUT2D eigenvalue weighted by atomic mass is 10.2. The fraction of sp³-hybridized carbons (Fsp3) is 0.500. The maximum Gasteiger partial charge on any atom is 0.144 e. The second kappa shape index (κ2) is 7.74. The minimum absolute atomic E-state index is 0.0159. The van der Waals surface area contributed by atoms with Gasteiger partial charge in [0, 0.05) is 39.1 Å². The molecular formula is C12H17N3O2. The predicted molar refractivity (Wildman–Crippen MR) is 63.3 cm³/mol. The molecule has 1 atom stereocenters. The molecular weight excluding hydrogens is 218 g/mol. The molecule has 1 N–H and O–H groups in total. The molecule has 0 aliphatic carbocycles. The molecule has 1 heterocycles. The summed E-state index contributed by atoms with van der Waals surface area (Å²) >= 11 is 0. The molecule has 0 aliphatic rings. The van der Waals surface area contributed by atoms with Gasteiger partial charge in [0.25, 0.3) is 0 Å². The number of hydrogen-bond donors (Lipinski definition) is 1. The Morgan fingerprint density at radius 1 is 1.53 bits per heavy atom. The number of ether oxygens (including phenoxy) is 2. The molecule has 5 nitrogen and oxygen atoms in total. The van der Waals surface area contributed by atoms with Crippen LogP contribution in [0, 0.1) is 11.3 Å². The number of nitriles is 1. The number of nitrogens with zero attached hydrogens (tertiary/aromatic N) is 2. The normalized spacial score (nSPS) is 12.1. The van der Waals surface area contributed by atoms with Crippen molar-refractivity contribution < 1.29 is 9.47 Å². The van der Waals surface area contributed by atoms with Gasteiger partial charge in [-0.15, -0.1) is 0 Å². The van der Waals surface area contributed by atoms with Gasteiger partial charge in [0.1, 0.15) is 11.8 Å². The molecule has 0 aromatic carbocycles. The molecule has 0 saturated heterocycles. The molecule has 0 aliphatic heterocycles. The van der Waals surface area contributed by atoms with Gasteiger partial charge in [-0.25, -0.2) is 4.98 Å². The van der Waals surface area contributed by atoms with Crippen molar-refractivity contribution in [1.82, 2.24) is 10.3 Å². The highest BCUT2D eigenvalue weighted by Crippen LogP contribution is 2.03. The van der Waals surface area contributed by atoms with Gasteiger partial charge in [-0.2, -0.15) is 5.26 Å². The maximum absolute atomic E-state index is 8.87. The first-order chi connectivity index (χ1) is 8.31. The van der Waals surface area contributed by atoms with Crippen molar-refractivity contribution in [3.8, 4) is 6.07 Å². The van der Waals surface area contributed by atoms with Crippen molar-refractivity contribution in [2.24, 2.45) is 0 Å². The average molecular weight is 235 g/mol. The molecule has 0 fully saturated rings. The molecule has 0 amide bonds. The molecule has 1 aromatic heterocycles. The monoisotopic (exact) mass is 235 g/mol. The van der Waals surface area contributed by atoms with Gasteiger partial charge in [-0.3, -0.25) is 0 Å². The Morgan fingerprint density at radius 2 is 2.35 bits per heavy atom. The lowest BCUT2D eigenvalue weighted by Gasteiger charge is -2.15. The Kier molecular flexibility index (Phi) is 6.18. The van der Waals surface area contributed by atoms with E-state index in [9.17, 15) is 0 Å². The molecule has 5 heteroatoms. The van der Waals surface area contributed by atoms with Crippen LogP contribution < -0.4 is 5.32 Å². The molecule has 0 saturated carbocycles. The van der Waals surface area contributed by atoms with Gasteiger partial charge in [-0.05, 0) is 6.07 Å². The standard InChI is InChI=1S/C12H17N3O2/c1-16-9-11(17-2)8-14-7-10-4-3-5-15-12(10)6-13/h3-5,11,14H,7-9H2,1-2H3. The molecule has 0 bridgehead atoms. The minimum Gasteiger partial charge on any atom is -0.382 e. The fourth-order valence-electron chi connectivity index (χ4n) is 1.45. The maximum atomic E-state index is 8.87. The summed E-state index contributed by atoms with van der Waals surface area (Å²) in [5, 5.41) is 12.1. The van der Waals surface area contributed by atoms with Crippen molar-refractivity contribution in [3.05, 3.63) is 29.6 Å². The van der Waals surface area contributed by atoms with E-state index in [0.717, 1.165) is 5.56 Å². The number of aromatic nitrogens is 1. The van der Waals surface area contributed by atoms with Crippen LogP contribution in [0.15, 0.2) is 18.3 Å². The Balaban J connectivity index is 2.42. The van der Waals surface area contributed by atoms with E-state index in [-0.39, 0.29) is 6.10 Å². The Hall–Kier alpha value is -1.48. The van der Waals surface area contributed by atoms with Crippen molar-refractivity contribution in [3.63, 3.8) is 0 Å². The molecule has 17 heavy (non-hydrogen) atoms. The molecule has 0 spiro atoms. The van der Waals surface area contributed by atoms with E-state index < -0.39 is 0 Å². The largest absolute Gasteiger partial charge is 0.382 e. The van der Waals surface area contributed by atoms with E-state index in [2.05, 4.69) is 16.4 Å². The summed E-state index contributed by atoms with van der Waals surface area (Å²) in [7, 11) is 3.29. The van der Waals surface area contributed by atoms with Crippen LogP contribution in [0.1, 0.15) is 11.3 Å². The summed E-state index contributed by atoms with van der Waals surface area (Å²) in [5.41, 5.74) is 1.35. The van der Waals surface area contributed by atoms with E-state index in [1.165, 1.54) is 0 Å². The summed E-state index contributed by atoms with van der Waals surface area (Å²) < 4.78 is 10.2. The van der Waals surface area contributed by atoms with Crippen LogP contribution in [0.25, 0.3) is 0 Å². The van der Waals surface area contributed by atoms with Gasteiger partial charge in [0.2, 0.25) is 0 Å². The fourth-order valence-corrected chi connectivity index (χ4v) is 1.45. The molecule has 1 unspecified atom stereocenters. The van der Waals surface area contributed by atoms with Crippen molar-refractivity contribution in [1.29, 1.82) is 5.26 Å². The Bertz CT molecular complexity index is 376. The van der Waals surface area contributed by atoms with E-state index >= 15 is 0 Å². The predicted octanol–water partition coefficient (Wildman–Crippen LogP) is 0.704. The first kappa shape index (κ1) is 13.6. The third-order valence-corrected chi connectivity index (χ3v) is 2.37. The van der Waals surface area contributed by atoms with E-state index in [1.807, 2.05) is 12.1 Å². The number of hydrogen-bond acceptors (Lipinski definition) is 5. The third kappa shape index (κ3) is 4.49. The number of rotatable bonds is 7. The van der Waals surface area contributed by atoms with Gasteiger partial charge >= 0.3 is 0 Å². The zero-order valence-electron chi connectivity index (χ0n) is 10.1. The second-order valence-electron chi connectivity index (χ2n) is 3.57. The van der Waals surface area contributed by atoms with Crippen LogP contribution in [-0.4, -0.2) is 38.5 Å². The van der Waals surface area contributed by atoms with Crippen LogP contribution in [0.3, 0.4) is 0 Å². The number of methoxy groups -OCH3 is 2. The van der Waals surface area contributed by atoms with Crippen molar-refractivity contribution in [2.45, 2.75) is 12.6 Å². The third-order valence-electron chi connectivity index (χ3n) is 2.37. The summed E-state index contributed by atoms with van der Waals surface area (Å²) in [4.78, 5) is 3.99. The van der Waals surface area contributed by atoms with Crippen LogP contribution in [0.4, 0.5) is 0 Å². The van der Waals surface area contributed by atoms with Crippen molar-refractivity contribution in [2.75, 3.05) is 27.4 Å². The highest BCUT2D eigenvalue weighted by molar-refractivity contribution is 5.30. The highest BCUT2D eigenvalue weighted by Gasteiger charge is 2.07. The van der Waals surface area contributed by atoms with E-state index in [1.54, 1.807) is 20.4 Å². The molecule has 1 aromatic rings. The summed E-state index contributed by atoms with van der Waals surface area (Å²) in [6, 6.07) is 5.77. The lowest BCUT2D eigenvalue weighted by molar-refractivity contribution is 0.0288. The molecule has 1 rings (SSSR count). The van der Waals surface area contributed by atoms with Gasteiger partial charge < -0.3 is 14.8 Å². The van der Waals surface area contributed by atoms with Crippen LogP contribution >= 0.6 is 0 Å². The topological polar surface area (TPSA) is 67.2 Å². The second-order valence-corrected chi connectivity index (χ2v) is 3.57. The first-order valence-electron chi connectivity index (χ1n) is 5.38. The lowest BCUT2D eigenvalue weighted by Crippen LogP contribution is -2.31. The van der Waals surface area contributed by atoms with Crippen LogP contribution in [0.2, 0.25) is 0 Å². The quantitative estimate of drug-likeness (QED) is 0.753. The minimum atomic E-state index is 0.0159. The zero-order valence-corrected chi connectivity index (χ0v) is 10.1. The average Bonchev–Trinajstić information content (AvgIpc) is 2.38. The highest BCUT2D eigenvalue weighted by atomic mass is 16.5. The van der Waals surface area contributed by atoms with E-state index in [0.29, 0.717) is 25.4 Å². The van der Waals surface area contributed by atoms with E-state index in [4.69, 9.17) is 14.7 Å². The summed E-state index contributed by atoms with van der Waals surface area (Å²) in [5.74, 6) is 0. The van der Waals surface area contributed by atoms with Crippen LogP contribution in [0.5, 0.6) is 0 Å². The SMILES string of the molecule is COCC(CNCc1cccnc1C#N)OC. The molecule has 0 radical (unpaired) electrons. The molecule has 92 valence electrons. The van der Waals surface area contributed by atoms with Crippen LogP contribution in [-0.2, 0) is 16.0 Å². The summed E-state index contributed by atoms with van der Waals surface area (Å²) in [6.07, 6.45) is 1.63. The van der Waals surface area contributed by atoms with Crippen molar-refractivity contribution >= 4 is 0 Å². The zero-order chi connectivity index (χ0) is 12.5. The summed E-state index contributed by atoms with van der Waals surface area (Å²) in [6.45, 7) is 1.81. The van der Waals surface area contributed by atoms with Gasteiger partial charge in [-0.1, -0.05) is 6.07 Å². The number of nitrogens with one attached hydrogen (secondary N) is 1. The number of pyridine rings is 1. The first-order valence-corrected chi connectivity index (χ1v) is 5.38. The van der Waals surface area contributed by atoms with Gasteiger partial charge in [0.05, 0.1) is 12.7 Å². The Morgan fingerprint density at radius 3 is 3.00 bits per heavy atom.